The van der Waals surface area contributed by atoms with Gasteiger partial charge in [0.25, 0.3) is 5.91 Å². The number of carbonyl (C=O) groups is 1. The normalized spacial score (nSPS) is 12.7. The third-order valence-corrected chi connectivity index (χ3v) is 4.98. The Morgan fingerprint density at radius 1 is 1.00 bits per heavy atom. The average molecular weight is 367 g/mol. The zero-order chi connectivity index (χ0) is 19.1. The van der Waals surface area contributed by atoms with E-state index in [1.165, 1.54) is 0 Å². The maximum Gasteiger partial charge on any atom is 0.256 e. The molecule has 5 rings (SSSR count). The number of H-pyrrole nitrogens is 1. The average Bonchev–Trinajstić information content (AvgIpc) is 3.34. The van der Waals surface area contributed by atoms with Crippen LogP contribution in [-0.2, 0) is 6.54 Å². The predicted octanol–water partition coefficient (Wildman–Crippen LogP) is 3.87. The van der Waals surface area contributed by atoms with E-state index in [0.29, 0.717) is 17.6 Å². The fourth-order valence-electron chi connectivity index (χ4n) is 3.54. The smallest absolute Gasteiger partial charge is 0.256 e. The van der Waals surface area contributed by atoms with Crippen molar-refractivity contribution in [3.63, 3.8) is 0 Å². The molecule has 1 aliphatic rings. The molecule has 0 fully saturated rings. The number of carbonyl (C=O) groups excluding carboxylic acids is 1. The molecule has 2 N–H and O–H groups in total. The molecule has 1 aliphatic heterocycles. The zero-order valence-electron chi connectivity index (χ0n) is 15.2. The fraction of sp³-hybridized carbons (Fsp3) is 0.0909. The minimum absolute atomic E-state index is 0.168. The Kier molecular flexibility index (Phi) is 3.76. The molecule has 0 unspecified atom stereocenters. The Labute approximate surface area is 161 Å². The highest BCUT2D eigenvalue weighted by Gasteiger charge is 2.19. The van der Waals surface area contributed by atoms with E-state index in [1.54, 1.807) is 6.07 Å². The van der Waals surface area contributed by atoms with Crippen molar-refractivity contribution in [3.05, 3.63) is 88.5 Å². The van der Waals surface area contributed by atoms with Gasteiger partial charge in [-0.3, -0.25) is 9.79 Å². The first kappa shape index (κ1) is 16.4. The highest BCUT2D eigenvalue weighted by atomic mass is 16.1. The van der Waals surface area contributed by atoms with E-state index in [-0.39, 0.29) is 5.91 Å². The van der Waals surface area contributed by atoms with E-state index >= 15 is 0 Å². The van der Waals surface area contributed by atoms with Crippen molar-refractivity contribution in [1.29, 1.82) is 0 Å². The summed E-state index contributed by atoms with van der Waals surface area (Å²) in [6, 6.07) is 19.7. The van der Waals surface area contributed by atoms with Gasteiger partial charge >= 0.3 is 0 Å². The number of hydrogen-bond acceptors (Lipinski definition) is 4. The van der Waals surface area contributed by atoms with Crippen LogP contribution in [0.3, 0.4) is 0 Å². The number of fused-ring (bicyclic) bond motifs is 2. The molecule has 0 atom stereocenters. The van der Waals surface area contributed by atoms with Crippen LogP contribution in [0, 0.1) is 6.92 Å². The van der Waals surface area contributed by atoms with Gasteiger partial charge < -0.3 is 5.32 Å². The van der Waals surface area contributed by atoms with Gasteiger partial charge in [0.05, 0.1) is 12.3 Å². The molecule has 28 heavy (non-hydrogen) atoms. The van der Waals surface area contributed by atoms with Crippen molar-refractivity contribution in [2.45, 2.75) is 13.5 Å². The van der Waals surface area contributed by atoms with E-state index in [4.69, 9.17) is 0 Å². The molecule has 0 saturated carbocycles. The fourth-order valence-corrected chi connectivity index (χ4v) is 3.54. The molecule has 0 saturated heterocycles. The Hall–Kier alpha value is -3.80. The molecule has 1 amide bonds. The Morgan fingerprint density at radius 3 is 2.61 bits per heavy atom. The summed E-state index contributed by atoms with van der Waals surface area (Å²) >= 11 is 0. The number of nitrogens with one attached hydrogen (secondary N) is 2. The van der Waals surface area contributed by atoms with Crippen molar-refractivity contribution in [3.8, 4) is 0 Å². The molecule has 0 bridgehead atoms. The number of aryl methyl sites for hydroxylation is 1. The zero-order valence-corrected chi connectivity index (χ0v) is 15.2. The van der Waals surface area contributed by atoms with E-state index in [2.05, 4.69) is 37.9 Å². The van der Waals surface area contributed by atoms with Crippen LogP contribution in [0.1, 0.15) is 32.6 Å². The quantitative estimate of drug-likeness (QED) is 0.577. The lowest BCUT2D eigenvalue weighted by Gasteiger charge is -2.10. The topological polar surface area (TPSA) is 83.0 Å². The first-order valence-electron chi connectivity index (χ1n) is 9.05. The molecule has 0 aliphatic carbocycles. The molecule has 6 nitrogen and oxygen atoms in total. The number of aliphatic imine (C=N–C) groups is 1. The molecule has 3 aromatic carbocycles. The highest BCUT2D eigenvalue weighted by Crippen LogP contribution is 2.26. The van der Waals surface area contributed by atoms with Gasteiger partial charge in [-0.2, -0.15) is 15.4 Å². The maximum atomic E-state index is 12.9. The Balaban J connectivity index is 1.46. The van der Waals surface area contributed by atoms with Gasteiger partial charge in [-0.1, -0.05) is 36.4 Å². The summed E-state index contributed by atoms with van der Waals surface area (Å²) in [5, 5.41) is 13.7. The lowest BCUT2D eigenvalue weighted by molar-refractivity contribution is 0.102. The van der Waals surface area contributed by atoms with E-state index in [0.717, 1.165) is 39.2 Å². The Morgan fingerprint density at radius 2 is 1.79 bits per heavy atom. The van der Waals surface area contributed by atoms with Crippen molar-refractivity contribution in [1.82, 2.24) is 15.4 Å². The molecular weight excluding hydrogens is 350 g/mol. The molecule has 2 heterocycles. The van der Waals surface area contributed by atoms with Gasteiger partial charge in [-0.25, -0.2) is 0 Å². The molecule has 0 spiro atoms. The van der Waals surface area contributed by atoms with Gasteiger partial charge in [0.1, 0.15) is 11.0 Å². The number of aromatic nitrogens is 3. The number of aromatic amines is 1. The largest absolute Gasteiger partial charge is 0.322 e. The SMILES string of the molecule is Cc1cc2n[nH]nc2cc1C(=O)Nc1ccc2c(c1)C(c1ccccc1)=NC2. The van der Waals surface area contributed by atoms with Crippen LogP contribution in [0.5, 0.6) is 0 Å². The van der Waals surface area contributed by atoms with Gasteiger partial charge in [0.2, 0.25) is 0 Å². The maximum absolute atomic E-state index is 12.9. The number of amides is 1. The second-order valence-corrected chi connectivity index (χ2v) is 6.84. The highest BCUT2D eigenvalue weighted by molar-refractivity contribution is 6.16. The second kappa shape index (κ2) is 6.42. The number of rotatable bonds is 3. The van der Waals surface area contributed by atoms with Gasteiger partial charge in [0.15, 0.2) is 0 Å². The summed E-state index contributed by atoms with van der Waals surface area (Å²) in [6.07, 6.45) is 0. The molecule has 6 heteroatoms. The summed E-state index contributed by atoms with van der Waals surface area (Å²) in [6.45, 7) is 2.56. The summed E-state index contributed by atoms with van der Waals surface area (Å²) in [4.78, 5) is 17.5. The minimum atomic E-state index is -0.168. The van der Waals surface area contributed by atoms with Gasteiger partial charge in [-0.15, -0.1) is 0 Å². The lowest BCUT2D eigenvalue weighted by atomic mass is 9.99. The Bertz CT molecular complexity index is 1240. The van der Waals surface area contributed by atoms with Crippen molar-refractivity contribution < 1.29 is 4.79 Å². The van der Waals surface area contributed by atoms with E-state index < -0.39 is 0 Å². The summed E-state index contributed by atoms with van der Waals surface area (Å²) in [5.41, 5.74) is 7.87. The van der Waals surface area contributed by atoms with E-state index in [1.807, 2.05) is 49.4 Å². The van der Waals surface area contributed by atoms with Gasteiger partial charge in [0, 0.05) is 22.4 Å². The number of hydrogen-bond donors (Lipinski definition) is 2. The molecule has 0 radical (unpaired) electrons. The van der Waals surface area contributed by atoms with Crippen LogP contribution < -0.4 is 5.32 Å². The number of anilines is 1. The monoisotopic (exact) mass is 367 g/mol. The van der Waals surface area contributed by atoms with Crippen LogP contribution in [0.25, 0.3) is 11.0 Å². The first-order valence-corrected chi connectivity index (χ1v) is 9.05. The molecular formula is C22H17N5O. The molecule has 136 valence electrons. The van der Waals surface area contributed by atoms with Crippen LogP contribution in [0.4, 0.5) is 5.69 Å². The third kappa shape index (κ3) is 2.75. The number of nitrogens with zero attached hydrogens (tertiary/aromatic N) is 3. The van der Waals surface area contributed by atoms with Crippen molar-refractivity contribution in [2.75, 3.05) is 5.32 Å². The summed E-state index contributed by atoms with van der Waals surface area (Å²) < 4.78 is 0. The summed E-state index contributed by atoms with van der Waals surface area (Å²) in [5.74, 6) is -0.168. The molecule has 4 aromatic rings. The van der Waals surface area contributed by atoms with Crippen molar-refractivity contribution >= 4 is 28.3 Å². The predicted molar refractivity (Wildman–Crippen MR) is 109 cm³/mol. The van der Waals surface area contributed by atoms with Crippen LogP contribution >= 0.6 is 0 Å². The number of benzene rings is 3. The van der Waals surface area contributed by atoms with Gasteiger partial charge in [-0.05, 0) is 42.3 Å². The summed E-state index contributed by atoms with van der Waals surface area (Å²) in [7, 11) is 0. The van der Waals surface area contributed by atoms with Crippen LogP contribution in [0.15, 0.2) is 65.7 Å². The first-order chi connectivity index (χ1) is 13.7. The minimum Gasteiger partial charge on any atom is -0.322 e. The molecule has 1 aromatic heterocycles. The third-order valence-electron chi connectivity index (χ3n) is 4.98. The van der Waals surface area contributed by atoms with Crippen LogP contribution in [0.2, 0.25) is 0 Å². The van der Waals surface area contributed by atoms with Crippen LogP contribution in [-0.4, -0.2) is 27.0 Å². The van der Waals surface area contributed by atoms with E-state index in [9.17, 15) is 4.79 Å². The standard InChI is InChI=1S/C22H17N5O/c1-13-9-19-20(26-27-25-19)11-17(13)22(28)24-16-8-7-15-12-23-21(18(15)10-16)14-5-3-2-4-6-14/h2-11H,12H2,1H3,(H,24,28)(H,25,26,27). The van der Waals surface area contributed by atoms with Crippen molar-refractivity contribution in [2.24, 2.45) is 4.99 Å². The lowest BCUT2D eigenvalue weighted by Crippen LogP contribution is -2.14. The second-order valence-electron chi connectivity index (χ2n) is 6.84.